The maximum atomic E-state index is 11.9. The maximum absolute atomic E-state index is 11.9. The van der Waals surface area contributed by atoms with E-state index < -0.39 is 6.04 Å². The lowest BCUT2D eigenvalue weighted by molar-refractivity contribution is 0.0939. The van der Waals surface area contributed by atoms with E-state index in [1.807, 2.05) is 13.8 Å². The van der Waals surface area contributed by atoms with Crippen LogP contribution in [0, 0.1) is 5.92 Å². The van der Waals surface area contributed by atoms with Gasteiger partial charge in [0.25, 0.3) is 0 Å². The first kappa shape index (κ1) is 11.8. The number of rotatable bonds is 4. The fraction of sp³-hybridized carbons (Fsp3) is 0.455. The van der Waals surface area contributed by atoms with Gasteiger partial charge >= 0.3 is 0 Å². The van der Waals surface area contributed by atoms with Gasteiger partial charge in [0.1, 0.15) is 0 Å². The monoisotopic (exact) mass is 207 g/mol. The zero-order chi connectivity index (χ0) is 11.4. The number of hydrogen-bond acceptors (Lipinski definition) is 4. The van der Waals surface area contributed by atoms with Gasteiger partial charge in [-0.15, -0.1) is 0 Å². The zero-order valence-corrected chi connectivity index (χ0v) is 9.10. The Morgan fingerprint density at radius 2 is 2.20 bits per heavy atom. The van der Waals surface area contributed by atoms with Gasteiger partial charge in [0.15, 0.2) is 5.78 Å². The third kappa shape index (κ3) is 2.61. The van der Waals surface area contributed by atoms with Crippen molar-refractivity contribution < 1.29 is 4.79 Å². The Morgan fingerprint density at radius 3 is 2.73 bits per heavy atom. The number of carbonyl (C=O) groups excluding carboxylic acids is 1. The molecule has 1 aromatic rings. The third-order valence-electron chi connectivity index (χ3n) is 2.37. The van der Waals surface area contributed by atoms with Crippen molar-refractivity contribution in [3.63, 3.8) is 0 Å². The summed E-state index contributed by atoms with van der Waals surface area (Å²) >= 11 is 0. The van der Waals surface area contributed by atoms with Crippen molar-refractivity contribution in [3.05, 3.63) is 29.6 Å². The van der Waals surface area contributed by atoms with E-state index in [1.54, 1.807) is 18.3 Å². The van der Waals surface area contributed by atoms with Gasteiger partial charge in [-0.05, 0) is 18.1 Å². The van der Waals surface area contributed by atoms with Crippen LogP contribution in [0.15, 0.2) is 18.3 Å². The van der Waals surface area contributed by atoms with Crippen molar-refractivity contribution in [2.45, 2.75) is 26.4 Å². The van der Waals surface area contributed by atoms with Gasteiger partial charge in [-0.2, -0.15) is 0 Å². The maximum Gasteiger partial charge on any atom is 0.181 e. The lowest BCUT2D eigenvalue weighted by Crippen LogP contribution is -2.36. The lowest BCUT2D eigenvalue weighted by atomic mass is 9.95. The Bertz CT molecular complexity index is 349. The van der Waals surface area contributed by atoms with E-state index in [4.69, 9.17) is 11.5 Å². The summed E-state index contributed by atoms with van der Waals surface area (Å²) in [6.07, 6.45) is 1.62. The molecule has 0 fully saturated rings. The first-order chi connectivity index (χ1) is 7.07. The SMILES string of the molecule is CC(C)C(N)C(=O)c1cccnc1CN. The Morgan fingerprint density at radius 1 is 1.53 bits per heavy atom. The van der Waals surface area contributed by atoms with Gasteiger partial charge in [0.2, 0.25) is 0 Å². The summed E-state index contributed by atoms with van der Waals surface area (Å²) in [6.45, 7) is 4.09. The Balaban J connectivity index is 3.00. The minimum absolute atomic E-state index is 0.0847. The van der Waals surface area contributed by atoms with E-state index in [2.05, 4.69) is 4.98 Å². The molecule has 1 rings (SSSR count). The van der Waals surface area contributed by atoms with E-state index in [9.17, 15) is 4.79 Å². The van der Waals surface area contributed by atoms with Crippen LogP contribution in [0.1, 0.15) is 29.9 Å². The summed E-state index contributed by atoms with van der Waals surface area (Å²) < 4.78 is 0. The molecule has 15 heavy (non-hydrogen) atoms. The van der Waals surface area contributed by atoms with Crippen LogP contribution in [0.25, 0.3) is 0 Å². The molecule has 0 saturated heterocycles. The summed E-state index contributed by atoms with van der Waals surface area (Å²) in [4.78, 5) is 16.0. The lowest BCUT2D eigenvalue weighted by Gasteiger charge is -2.15. The van der Waals surface area contributed by atoms with Gasteiger partial charge in [-0.1, -0.05) is 13.8 Å². The molecule has 0 aliphatic carbocycles. The highest BCUT2D eigenvalue weighted by Gasteiger charge is 2.21. The zero-order valence-electron chi connectivity index (χ0n) is 9.10. The number of Topliss-reactive ketones (excluding diaryl/α,β-unsaturated/α-hetero) is 1. The molecule has 82 valence electrons. The van der Waals surface area contributed by atoms with Crippen LogP contribution >= 0.6 is 0 Å². The minimum Gasteiger partial charge on any atom is -0.325 e. The fourth-order valence-electron chi connectivity index (χ4n) is 1.31. The van der Waals surface area contributed by atoms with Crippen LogP contribution in [-0.2, 0) is 6.54 Å². The number of carbonyl (C=O) groups is 1. The summed E-state index contributed by atoms with van der Waals surface area (Å²) in [5.41, 5.74) is 12.5. The molecule has 0 saturated carbocycles. The highest BCUT2D eigenvalue weighted by molar-refractivity contribution is 6.01. The molecule has 0 bridgehead atoms. The molecular weight excluding hydrogens is 190 g/mol. The molecule has 0 radical (unpaired) electrons. The molecule has 0 aliphatic heterocycles. The predicted molar refractivity (Wildman–Crippen MR) is 59.3 cm³/mol. The van der Waals surface area contributed by atoms with Crippen LogP contribution in [0.4, 0.5) is 0 Å². The second kappa shape index (κ2) is 5.00. The summed E-state index contributed by atoms with van der Waals surface area (Å²) in [7, 11) is 0. The summed E-state index contributed by atoms with van der Waals surface area (Å²) in [5, 5.41) is 0. The average molecular weight is 207 g/mol. The molecule has 0 aromatic carbocycles. The summed E-state index contributed by atoms with van der Waals surface area (Å²) in [5.74, 6) is 0.0295. The average Bonchev–Trinajstić information content (AvgIpc) is 2.26. The van der Waals surface area contributed by atoms with E-state index in [-0.39, 0.29) is 18.2 Å². The first-order valence-electron chi connectivity index (χ1n) is 5.01. The summed E-state index contributed by atoms with van der Waals surface area (Å²) in [6, 6.07) is 2.96. The van der Waals surface area contributed by atoms with Crippen LogP contribution in [0.5, 0.6) is 0 Å². The largest absolute Gasteiger partial charge is 0.325 e. The minimum atomic E-state index is -0.487. The molecule has 1 aromatic heterocycles. The second-order valence-corrected chi connectivity index (χ2v) is 3.84. The van der Waals surface area contributed by atoms with Gasteiger partial charge < -0.3 is 11.5 Å². The number of nitrogens with two attached hydrogens (primary N) is 2. The molecule has 0 aliphatic rings. The van der Waals surface area contributed by atoms with E-state index >= 15 is 0 Å². The molecule has 4 N–H and O–H groups in total. The predicted octanol–water partition coefficient (Wildman–Crippen LogP) is 0.706. The molecule has 4 nitrogen and oxygen atoms in total. The molecule has 0 spiro atoms. The number of nitrogens with zero attached hydrogens (tertiary/aromatic N) is 1. The molecule has 1 heterocycles. The standard InChI is InChI=1S/C11H17N3O/c1-7(2)10(13)11(15)8-4-3-5-14-9(8)6-12/h3-5,7,10H,6,12-13H2,1-2H3. The Hall–Kier alpha value is -1.26. The van der Waals surface area contributed by atoms with E-state index in [0.29, 0.717) is 11.3 Å². The van der Waals surface area contributed by atoms with Crippen LogP contribution in [0.3, 0.4) is 0 Å². The van der Waals surface area contributed by atoms with Crippen molar-refractivity contribution in [2.75, 3.05) is 0 Å². The number of hydrogen-bond donors (Lipinski definition) is 2. The van der Waals surface area contributed by atoms with Crippen molar-refractivity contribution >= 4 is 5.78 Å². The van der Waals surface area contributed by atoms with Crippen LogP contribution < -0.4 is 11.5 Å². The quantitative estimate of drug-likeness (QED) is 0.712. The van der Waals surface area contributed by atoms with Gasteiger partial charge in [0, 0.05) is 18.3 Å². The topological polar surface area (TPSA) is 82.0 Å². The molecule has 4 heteroatoms. The van der Waals surface area contributed by atoms with Crippen molar-refractivity contribution in [1.29, 1.82) is 0 Å². The number of pyridine rings is 1. The van der Waals surface area contributed by atoms with Crippen LogP contribution in [-0.4, -0.2) is 16.8 Å². The number of ketones is 1. The van der Waals surface area contributed by atoms with E-state index in [0.717, 1.165) is 0 Å². The molecule has 0 amide bonds. The second-order valence-electron chi connectivity index (χ2n) is 3.84. The fourth-order valence-corrected chi connectivity index (χ4v) is 1.31. The Kier molecular flexibility index (Phi) is 3.94. The first-order valence-corrected chi connectivity index (χ1v) is 5.01. The smallest absolute Gasteiger partial charge is 0.181 e. The van der Waals surface area contributed by atoms with Gasteiger partial charge in [-0.25, -0.2) is 0 Å². The Labute approximate surface area is 89.7 Å². The van der Waals surface area contributed by atoms with Crippen molar-refractivity contribution in [2.24, 2.45) is 17.4 Å². The van der Waals surface area contributed by atoms with Gasteiger partial charge in [-0.3, -0.25) is 9.78 Å². The van der Waals surface area contributed by atoms with Gasteiger partial charge in [0.05, 0.1) is 11.7 Å². The highest BCUT2D eigenvalue weighted by Crippen LogP contribution is 2.11. The van der Waals surface area contributed by atoms with Crippen molar-refractivity contribution in [1.82, 2.24) is 4.98 Å². The van der Waals surface area contributed by atoms with E-state index in [1.165, 1.54) is 0 Å². The molecule has 1 atom stereocenters. The highest BCUT2D eigenvalue weighted by atomic mass is 16.1. The number of aromatic nitrogens is 1. The normalized spacial score (nSPS) is 12.9. The van der Waals surface area contributed by atoms with Crippen molar-refractivity contribution in [3.8, 4) is 0 Å². The van der Waals surface area contributed by atoms with Crippen LogP contribution in [0.2, 0.25) is 0 Å². The molecular formula is C11H17N3O. The molecule has 1 unspecified atom stereocenters. The third-order valence-corrected chi connectivity index (χ3v) is 2.37.